The highest BCUT2D eigenvalue weighted by Gasteiger charge is 2.13. The summed E-state index contributed by atoms with van der Waals surface area (Å²) in [6, 6.07) is 9.98. The molecule has 0 heterocycles. The minimum atomic E-state index is 0.155. The largest absolute Gasteiger partial charge is 0.339 e. The van der Waals surface area contributed by atoms with Crippen LogP contribution in [0.2, 0.25) is 0 Å². The van der Waals surface area contributed by atoms with Gasteiger partial charge in [0.1, 0.15) is 0 Å². The van der Waals surface area contributed by atoms with Crippen LogP contribution in [0.3, 0.4) is 0 Å². The molecule has 2 nitrogen and oxygen atoms in total. The van der Waals surface area contributed by atoms with E-state index >= 15 is 0 Å². The SMILES string of the molecule is CCCN(CCC)C(=O)C(C)=Cc1ccccc1. The Morgan fingerprint density at radius 2 is 1.67 bits per heavy atom. The number of hydrogen-bond donors (Lipinski definition) is 0. The molecule has 0 spiro atoms. The van der Waals surface area contributed by atoms with E-state index in [1.54, 1.807) is 0 Å². The van der Waals surface area contributed by atoms with Crippen molar-refractivity contribution in [2.45, 2.75) is 33.6 Å². The number of hydrogen-bond acceptors (Lipinski definition) is 1. The Morgan fingerprint density at radius 3 is 2.17 bits per heavy atom. The van der Waals surface area contributed by atoms with Crippen molar-refractivity contribution in [1.29, 1.82) is 0 Å². The second-order valence-corrected chi connectivity index (χ2v) is 4.53. The molecular weight excluding hydrogens is 222 g/mol. The van der Waals surface area contributed by atoms with E-state index in [1.165, 1.54) is 0 Å². The summed E-state index contributed by atoms with van der Waals surface area (Å²) in [6.45, 7) is 7.78. The van der Waals surface area contributed by atoms with Crippen LogP contribution in [0, 0.1) is 0 Å². The lowest BCUT2D eigenvalue weighted by molar-refractivity contribution is -0.127. The predicted molar refractivity (Wildman–Crippen MR) is 77.3 cm³/mol. The molecule has 98 valence electrons. The molecule has 18 heavy (non-hydrogen) atoms. The van der Waals surface area contributed by atoms with Gasteiger partial charge in [-0.05, 0) is 31.4 Å². The van der Waals surface area contributed by atoms with Gasteiger partial charge in [-0.2, -0.15) is 0 Å². The first kappa shape index (κ1) is 14.5. The maximum atomic E-state index is 12.3. The highest BCUT2D eigenvalue weighted by Crippen LogP contribution is 2.10. The molecule has 0 N–H and O–H groups in total. The Hall–Kier alpha value is -1.57. The standard InChI is InChI=1S/C16H23NO/c1-4-11-17(12-5-2)16(18)14(3)13-15-9-7-6-8-10-15/h6-10,13H,4-5,11-12H2,1-3H3. The third-order valence-electron chi connectivity index (χ3n) is 2.79. The van der Waals surface area contributed by atoms with E-state index in [-0.39, 0.29) is 5.91 Å². The Kier molecular flexibility index (Phi) is 6.20. The summed E-state index contributed by atoms with van der Waals surface area (Å²) >= 11 is 0. The van der Waals surface area contributed by atoms with E-state index in [0.29, 0.717) is 0 Å². The van der Waals surface area contributed by atoms with Crippen LogP contribution >= 0.6 is 0 Å². The average molecular weight is 245 g/mol. The van der Waals surface area contributed by atoms with Crippen LogP contribution in [0.5, 0.6) is 0 Å². The van der Waals surface area contributed by atoms with E-state index < -0.39 is 0 Å². The topological polar surface area (TPSA) is 20.3 Å². The molecule has 0 fully saturated rings. The molecule has 0 saturated heterocycles. The molecule has 0 bridgehead atoms. The lowest BCUT2D eigenvalue weighted by Gasteiger charge is -2.21. The van der Waals surface area contributed by atoms with Crippen LogP contribution in [0.1, 0.15) is 39.2 Å². The predicted octanol–water partition coefficient (Wildman–Crippen LogP) is 3.74. The first-order valence-electron chi connectivity index (χ1n) is 6.71. The minimum absolute atomic E-state index is 0.155. The molecule has 1 aromatic rings. The monoisotopic (exact) mass is 245 g/mol. The quantitative estimate of drug-likeness (QED) is 0.699. The maximum Gasteiger partial charge on any atom is 0.249 e. The van der Waals surface area contributed by atoms with Crippen LogP contribution in [-0.2, 0) is 4.79 Å². The number of carbonyl (C=O) groups excluding carboxylic acids is 1. The molecule has 0 radical (unpaired) electrons. The van der Waals surface area contributed by atoms with Crippen molar-refractivity contribution in [2.24, 2.45) is 0 Å². The normalized spacial score (nSPS) is 11.4. The van der Waals surface area contributed by atoms with Crippen LogP contribution in [-0.4, -0.2) is 23.9 Å². The highest BCUT2D eigenvalue weighted by atomic mass is 16.2. The van der Waals surface area contributed by atoms with Crippen molar-refractivity contribution in [1.82, 2.24) is 4.90 Å². The lowest BCUT2D eigenvalue weighted by Crippen LogP contribution is -2.32. The summed E-state index contributed by atoms with van der Waals surface area (Å²) in [5.74, 6) is 0.155. The van der Waals surface area contributed by atoms with E-state index in [0.717, 1.165) is 37.1 Å². The molecule has 0 aliphatic rings. The fourth-order valence-electron chi connectivity index (χ4n) is 1.97. The first-order valence-corrected chi connectivity index (χ1v) is 6.71. The lowest BCUT2D eigenvalue weighted by atomic mass is 10.1. The van der Waals surface area contributed by atoms with E-state index in [4.69, 9.17) is 0 Å². The second-order valence-electron chi connectivity index (χ2n) is 4.53. The third-order valence-corrected chi connectivity index (χ3v) is 2.79. The van der Waals surface area contributed by atoms with E-state index in [1.807, 2.05) is 48.2 Å². The second kappa shape index (κ2) is 7.70. The first-order chi connectivity index (χ1) is 8.69. The van der Waals surface area contributed by atoms with Crippen LogP contribution < -0.4 is 0 Å². The van der Waals surface area contributed by atoms with Gasteiger partial charge in [0.05, 0.1) is 0 Å². The van der Waals surface area contributed by atoms with Gasteiger partial charge < -0.3 is 4.90 Å². The van der Waals surface area contributed by atoms with Gasteiger partial charge in [-0.3, -0.25) is 4.79 Å². The molecule has 0 aliphatic carbocycles. The van der Waals surface area contributed by atoms with E-state index in [2.05, 4.69) is 13.8 Å². The van der Waals surface area contributed by atoms with Gasteiger partial charge in [-0.25, -0.2) is 0 Å². The van der Waals surface area contributed by atoms with Crippen molar-refractivity contribution >= 4 is 12.0 Å². The summed E-state index contributed by atoms with van der Waals surface area (Å²) in [4.78, 5) is 14.2. The van der Waals surface area contributed by atoms with Crippen LogP contribution in [0.25, 0.3) is 6.08 Å². The Bertz CT molecular complexity index is 389. The fraction of sp³-hybridized carbons (Fsp3) is 0.438. The van der Waals surface area contributed by atoms with Crippen molar-refractivity contribution in [3.05, 3.63) is 41.5 Å². The van der Waals surface area contributed by atoms with Gasteiger partial charge >= 0.3 is 0 Å². The number of nitrogens with zero attached hydrogens (tertiary/aromatic N) is 1. The van der Waals surface area contributed by atoms with Crippen LogP contribution in [0.4, 0.5) is 0 Å². The number of carbonyl (C=O) groups is 1. The molecule has 0 saturated carbocycles. The van der Waals surface area contributed by atoms with Gasteiger partial charge in [0.25, 0.3) is 0 Å². The summed E-state index contributed by atoms with van der Waals surface area (Å²) < 4.78 is 0. The van der Waals surface area contributed by atoms with Gasteiger partial charge in [0.15, 0.2) is 0 Å². The number of rotatable bonds is 6. The smallest absolute Gasteiger partial charge is 0.249 e. The van der Waals surface area contributed by atoms with Gasteiger partial charge in [-0.15, -0.1) is 0 Å². The summed E-state index contributed by atoms with van der Waals surface area (Å²) in [5.41, 5.74) is 1.89. The molecule has 1 rings (SSSR count). The molecule has 0 atom stereocenters. The number of benzene rings is 1. The average Bonchev–Trinajstić information content (AvgIpc) is 2.39. The summed E-state index contributed by atoms with van der Waals surface area (Å²) in [6.07, 6.45) is 3.97. The maximum absolute atomic E-state index is 12.3. The van der Waals surface area contributed by atoms with Gasteiger partial charge in [0.2, 0.25) is 5.91 Å². The molecule has 0 aliphatic heterocycles. The molecule has 0 aromatic heterocycles. The van der Waals surface area contributed by atoms with Crippen molar-refractivity contribution in [3.63, 3.8) is 0 Å². The van der Waals surface area contributed by atoms with Crippen molar-refractivity contribution < 1.29 is 4.79 Å². The Balaban J connectivity index is 2.78. The zero-order chi connectivity index (χ0) is 13.4. The molecular formula is C16H23NO. The Labute approximate surface area is 110 Å². The van der Waals surface area contributed by atoms with E-state index in [9.17, 15) is 4.79 Å². The van der Waals surface area contributed by atoms with Crippen LogP contribution in [0.15, 0.2) is 35.9 Å². The highest BCUT2D eigenvalue weighted by molar-refractivity contribution is 5.97. The van der Waals surface area contributed by atoms with Gasteiger partial charge in [-0.1, -0.05) is 44.2 Å². The third kappa shape index (κ3) is 4.36. The zero-order valence-corrected chi connectivity index (χ0v) is 11.6. The fourth-order valence-corrected chi connectivity index (χ4v) is 1.97. The van der Waals surface area contributed by atoms with Crippen molar-refractivity contribution in [2.75, 3.05) is 13.1 Å². The van der Waals surface area contributed by atoms with Crippen molar-refractivity contribution in [3.8, 4) is 0 Å². The minimum Gasteiger partial charge on any atom is -0.339 e. The number of amides is 1. The van der Waals surface area contributed by atoms with Gasteiger partial charge in [0, 0.05) is 18.7 Å². The molecule has 2 heteroatoms. The molecule has 1 amide bonds. The zero-order valence-electron chi connectivity index (χ0n) is 11.6. The molecule has 1 aromatic carbocycles. The molecule has 0 unspecified atom stereocenters. The summed E-state index contributed by atoms with van der Waals surface area (Å²) in [5, 5.41) is 0. The Morgan fingerprint density at radius 1 is 1.11 bits per heavy atom. The summed E-state index contributed by atoms with van der Waals surface area (Å²) in [7, 11) is 0.